The molecule has 3 aliphatic heterocycles. The summed E-state index contributed by atoms with van der Waals surface area (Å²) < 4.78 is 40.0. The van der Waals surface area contributed by atoms with Crippen LogP contribution >= 0.6 is 11.6 Å². The zero-order valence-electron chi connectivity index (χ0n) is 25.7. The number of piperazine rings is 1. The number of terminal acetylenes is 1. The molecule has 2 fully saturated rings. The fraction of sp³-hybridized carbons (Fsp3) is 0.343. The molecule has 3 aliphatic rings. The van der Waals surface area contributed by atoms with Crippen molar-refractivity contribution in [3.05, 3.63) is 69.4 Å². The molecule has 0 saturated carbocycles. The average molecular weight is 868 g/mol. The number of hydrogen-bond donors (Lipinski definition) is 0. The molecular weight excluding hydrogens is 836 g/mol. The fourth-order valence-electron chi connectivity index (χ4n) is 6.81. The number of benzene rings is 3. The van der Waals surface area contributed by atoms with Crippen molar-refractivity contribution in [2.75, 3.05) is 38.4 Å². The summed E-state index contributed by atoms with van der Waals surface area (Å²) in [4.78, 5) is 12.1. The quantitative estimate of drug-likeness (QED) is 0.102. The molecule has 2 saturated heterocycles. The first kappa shape index (κ1) is 37.0. The van der Waals surface area contributed by atoms with E-state index in [4.69, 9.17) is 52.3 Å². The Morgan fingerprint density at radius 3 is 2.69 bits per heavy atom. The smallest absolute Gasteiger partial charge is 0.319 e. The molecule has 0 radical (unpaired) electrons. The van der Waals surface area contributed by atoms with Gasteiger partial charge in [0.25, 0.3) is 0 Å². The van der Waals surface area contributed by atoms with Crippen molar-refractivity contribution in [2.45, 2.75) is 45.5 Å². The Hall–Kier alpha value is -3.31. The van der Waals surface area contributed by atoms with Crippen molar-refractivity contribution in [1.82, 2.24) is 20.2 Å². The summed E-state index contributed by atoms with van der Waals surface area (Å²) in [6.45, 7) is 3.46. The minimum Gasteiger partial charge on any atom is -0.656 e. The molecule has 3 unspecified atom stereocenters. The van der Waals surface area contributed by atoms with Gasteiger partial charge in [0.2, 0.25) is 0 Å². The molecule has 10 nitrogen and oxygen atoms in total. The molecule has 2 bridgehead atoms. The van der Waals surface area contributed by atoms with Gasteiger partial charge in [0, 0.05) is 76.7 Å². The number of fused-ring (bicyclic) bond motifs is 7. The van der Waals surface area contributed by atoms with Gasteiger partial charge in [-0.25, -0.2) is 4.39 Å². The van der Waals surface area contributed by atoms with Crippen LogP contribution in [0.25, 0.3) is 38.2 Å². The zero-order valence-corrected chi connectivity index (χ0v) is 29.6. The normalized spacial score (nSPS) is 18.4. The van der Waals surface area contributed by atoms with Crippen LogP contribution in [0.15, 0.2) is 36.5 Å². The van der Waals surface area contributed by atoms with Crippen LogP contribution in [0.2, 0.25) is 5.02 Å². The molecule has 0 spiro atoms. The molecule has 5 heterocycles. The van der Waals surface area contributed by atoms with Gasteiger partial charge in [-0.05, 0) is 48.1 Å². The summed E-state index contributed by atoms with van der Waals surface area (Å²) in [5.41, 5.74) is 3.70. The second kappa shape index (κ2) is 14.9. The topological polar surface area (TPSA) is 107 Å². The number of ether oxygens (including phenoxy) is 4. The number of nitrogens with zero attached hydrogens (tertiary/aromatic N) is 6. The summed E-state index contributed by atoms with van der Waals surface area (Å²) in [5, 5.41) is 14.5. The third kappa shape index (κ3) is 6.19. The van der Waals surface area contributed by atoms with Crippen molar-refractivity contribution >= 4 is 39.2 Å². The zero-order chi connectivity index (χ0) is 31.5. The van der Waals surface area contributed by atoms with E-state index >= 15 is 4.39 Å². The molecule has 8 rings (SSSR count). The standard InChI is InChI=1S/C34H28ClFN6O4.CH4.2Pd/c1-4-18-5-7-19(8-6-18)15-45-32-27(26-17(2)22(36)12-23-21(26)14-38-41-23)29(35)31-28-30(32)39-34(44-10-9-43-3)40-33(28)42-20-11-24(37-13-20)25(42)16-46-31;;;/h1,5-8,12,14,20,24-25H,9-11,13,15-16H2,2-3H3;1H4;;/q-2;;;. The summed E-state index contributed by atoms with van der Waals surface area (Å²) in [5.74, 6) is 3.56. The van der Waals surface area contributed by atoms with Crippen molar-refractivity contribution < 1.29 is 64.2 Å². The van der Waals surface area contributed by atoms with Crippen LogP contribution < -0.4 is 24.2 Å². The second-order valence-corrected chi connectivity index (χ2v) is 12.0. The predicted molar refractivity (Wildman–Crippen MR) is 178 cm³/mol. The van der Waals surface area contributed by atoms with E-state index in [0.717, 1.165) is 17.5 Å². The molecule has 14 heteroatoms. The van der Waals surface area contributed by atoms with Crippen molar-refractivity contribution in [2.24, 2.45) is 0 Å². The van der Waals surface area contributed by atoms with Crippen LogP contribution in [0.4, 0.5) is 10.2 Å². The molecular formula is C35H32ClFN6O4Pd2-2. The van der Waals surface area contributed by atoms with Gasteiger partial charge in [-0.1, -0.05) is 37.1 Å². The Bertz CT molecular complexity index is 2060. The summed E-state index contributed by atoms with van der Waals surface area (Å²) in [7, 11) is 1.60. The van der Waals surface area contributed by atoms with E-state index in [1.165, 1.54) is 6.07 Å². The molecule has 2 aromatic heterocycles. The van der Waals surface area contributed by atoms with Crippen LogP contribution in [0.1, 0.15) is 30.5 Å². The summed E-state index contributed by atoms with van der Waals surface area (Å²) >= 11 is 7.37. The molecule has 0 aliphatic carbocycles. The molecule has 49 heavy (non-hydrogen) atoms. The maximum Gasteiger partial charge on any atom is 0.319 e. The van der Waals surface area contributed by atoms with Gasteiger partial charge in [0.05, 0.1) is 22.5 Å². The average Bonchev–Trinajstić information content (AvgIpc) is 3.79. The fourth-order valence-corrected chi connectivity index (χ4v) is 7.14. The molecule has 0 N–H and O–H groups in total. The number of methoxy groups -OCH3 is 1. The van der Waals surface area contributed by atoms with E-state index < -0.39 is 5.82 Å². The van der Waals surface area contributed by atoms with Gasteiger partial charge < -0.3 is 39.4 Å². The van der Waals surface area contributed by atoms with Crippen molar-refractivity contribution in [3.63, 3.8) is 0 Å². The van der Waals surface area contributed by atoms with E-state index in [9.17, 15) is 0 Å². The molecule has 5 aromatic rings. The monoisotopic (exact) mass is 866 g/mol. The number of aromatic nitrogens is 4. The van der Waals surface area contributed by atoms with Crippen LogP contribution in [0, 0.1) is 25.1 Å². The van der Waals surface area contributed by atoms with Crippen molar-refractivity contribution in [3.8, 4) is 41.0 Å². The first-order valence-electron chi connectivity index (χ1n) is 15.0. The van der Waals surface area contributed by atoms with Crippen LogP contribution in [-0.2, 0) is 52.2 Å². The minimum atomic E-state index is -0.451. The van der Waals surface area contributed by atoms with Crippen molar-refractivity contribution in [1.29, 1.82) is 0 Å². The number of anilines is 1. The maximum absolute atomic E-state index is 15.5. The summed E-state index contributed by atoms with van der Waals surface area (Å²) in [6.07, 6.45) is 8.08. The Kier molecular flexibility index (Phi) is 11.2. The van der Waals surface area contributed by atoms with E-state index in [0.29, 0.717) is 75.6 Å². The predicted octanol–water partition coefficient (Wildman–Crippen LogP) is 6.22. The molecule has 262 valence electrons. The second-order valence-electron chi connectivity index (χ2n) is 11.6. The first-order chi connectivity index (χ1) is 22.5. The van der Waals surface area contributed by atoms with Crippen LogP contribution in [0.5, 0.6) is 17.5 Å². The summed E-state index contributed by atoms with van der Waals surface area (Å²) in [6, 6.07) is 9.23. The van der Waals surface area contributed by atoms with E-state index in [1.54, 1.807) is 20.2 Å². The van der Waals surface area contributed by atoms with Crippen LogP contribution in [-0.4, -0.2) is 66.7 Å². The van der Waals surface area contributed by atoms with E-state index in [2.05, 4.69) is 21.0 Å². The van der Waals surface area contributed by atoms with Gasteiger partial charge in [-0.15, -0.1) is 19.0 Å². The Labute approximate surface area is 316 Å². The number of rotatable bonds is 8. The minimum absolute atomic E-state index is 0. The van der Waals surface area contributed by atoms with Gasteiger partial charge in [0.15, 0.2) is 11.5 Å². The Morgan fingerprint density at radius 2 is 1.94 bits per heavy atom. The first-order valence-corrected chi connectivity index (χ1v) is 15.4. The SMILES string of the molecule is C.C#Cc1ccc(COc2c(-c3c(C)c(F)cc4n[n-]cc34)c(Cl)c3c4c(nc(OCCOC)nc24)N2C4C[N-]C(C4)C2CO3)cc1.[Pd].[Pd]. The van der Waals surface area contributed by atoms with Gasteiger partial charge in [0.1, 0.15) is 37.0 Å². The van der Waals surface area contributed by atoms with Gasteiger partial charge in [-0.3, -0.25) is 0 Å². The van der Waals surface area contributed by atoms with E-state index in [1.807, 2.05) is 24.3 Å². The third-order valence-corrected chi connectivity index (χ3v) is 9.39. The van der Waals surface area contributed by atoms with E-state index in [-0.39, 0.29) is 90.6 Å². The number of halogens is 2. The molecule has 0 amide bonds. The van der Waals surface area contributed by atoms with Gasteiger partial charge in [-0.2, -0.15) is 16.2 Å². The van der Waals surface area contributed by atoms with Crippen LogP contribution in [0.3, 0.4) is 0 Å². The maximum atomic E-state index is 15.5. The Balaban J connectivity index is 0.00000156. The molecule has 3 atom stereocenters. The number of hydrogen-bond acceptors (Lipinski definition) is 8. The Morgan fingerprint density at radius 1 is 1.14 bits per heavy atom. The largest absolute Gasteiger partial charge is 0.656 e. The third-order valence-electron chi connectivity index (χ3n) is 9.03. The van der Waals surface area contributed by atoms with Gasteiger partial charge >= 0.3 is 6.01 Å². The molecule has 3 aromatic carbocycles.